The first kappa shape index (κ1) is 18.4. The minimum Gasteiger partial charge on any atom is -0.480 e. The number of rotatable bonds is 5. The van der Waals surface area contributed by atoms with Gasteiger partial charge in [0.05, 0.1) is 16.1 Å². The highest BCUT2D eigenvalue weighted by atomic mass is 35.5. The third-order valence-electron chi connectivity index (χ3n) is 3.89. The summed E-state index contributed by atoms with van der Waals surface area (Å²) in [6.07, 6.45) is 3.39. The molecule has 7 heteroatoms. The van der Waals surface area contributed by atoms with E-state index in [4.69, 9.17) is 27.9 Å². The summed E-state index contributed by atoms with van der Waals surface area (Å²) in [7, 11) is 0. The molecule has 0 bridgehead atoms. The summed E-state index contributed by atoms with van der Waals surface area (Å²) < 4.78 is 5.68. The molecule has 134 valence electrons. The van der Waals surface area contributed by atoms with Crippen LogP contribution in [0.25, 0.3) is 10.9 Å². The molecule has 0 aliphatic rings. The predicted octanol–water partition coefficient (Wildman–Crippen LogP) is 4.50. The maximum absolute atomic E-state index is 12.2. The molecule has 5 nitrogen and oxygen atoms in total. The van der Waals surface area contributed by atoms with Gasteiger partial charge in [-0.2, -0.15) is 0 Å². The summed E-state index contributed by atoms with van der Waals surface area (Å²) in [5.74, 6) is 0.0760. The molecule has 1 atom stereocenters. The molecule has 0 aliphatic carbocycles. The largest absolute Gasteiger partial charge is 0.480 e. The molecular weight excluding hydrogens is 373 g/mol. The zero-order valence-corrected chi connectivity index (χ0v) is 15.8. The van der Waals surface area contributed by atoms with E-state index >= 15 is 0 Å². The van der Waals surface area contributed by atoms with Crippen LogP contribution in [0.1, 0.15) is 24.2 Å². The molecule has 0 saturated carbocycles. The maximum Gasteiger partial charge on any atom is 0.258 e. The SMILES string of the molecule is Cc1ccc2c(Cl)cc(Cl)c(OCC(=O)N[C@H](C)c3cccnc3)c2n1. The van der Waals surface area contributed by atoms with Crippen LogP contribution >= 0.6 is 23.2 Å². The van der Waals surface area contributed by atoms with Crippen LogP contribution in [0.5, 0.6) is 5.75 Å². The van der Waals surface area contributed by atoms with Crippen molar-refractivity contribution < 1.29 is 9.53 Å². The second kappa shape index (κ2) is 7.89. The number of hydrogen-bond donors (Lipinski definition) is 1. The van der Waals surface area contributed by atoms with Gasteiger partial charge in [-0.15, -0.1) is 0 Å². The number of pyridine rings is 2. The van der Waals surface area contributed by atoms with Crippen molar-refractivity contribution in [3.05, 3.63) is 64.0 Å². The number of aromatic nitrogens is 2. The molecule has 2 aromatic heterocycles. The molecular formula is C19H17Cl2N3O2. The number of ether oxygens (including phenoxy) is 1. The van der Waals surface area contributed by atoms with Gasteiger partial charge in [0.1, 0.15) is 5.52 Å². The Bertz CT molecular complexity index is 948. The number of hydrogen-bond acceptors (Lipinski definition) is 4. The van der Waals surface area contributed by atoms with Gasteiger partial charge in [-0.25, -0.2) is 4.98 Å². The average molecular weight is 390 g/mol. The van der Waals surface area contributed by atoms with Gasteiger partial charge in [0.15, 0.2) is 12.4 Å². The Hall–Kier alpha value is -2.37. The van der Waals surface area contributed by atoms with E-state index in [-0.39, 0.29) is 18.6 Å². The Kier molecular flexibility index (Phi) is 5.59. The van der Waals surface area contributed by atoms with Gasteiger partial charge in [0, 0.05) is 23.5 Å². The van der Waals surface area contributed by atoms with Crippen LogP contribution in [0.4, 0.5) is 0 Å². The summed E-state index contributed by atoms with van der Waals surface area (Å²) >= 11 is 12.5. The second-order valence-electron chi connectivity index (χ2n) is 5.88. The van der Waals surface area contributed by atoms with Crippen molar-refractivity contribution in [1.29, 1.82) is 0 Å². The zero-order valence-electron chi connectivity index (χ0n) is 14.3. The smallest absolute Gasteiger partial charge is 0.258 e. The highest BCUT2D eigenvalue weighted by molar-refractivity contribution is 6.39. The van der Waals surface area contributed by atoms with E-state index in [1.807, 2.05) is 38.1 Å². The summed E-state index contributed by atoms with van der Waals surface area (Å²) in [5, 5.41) is 4.39. The topological polar surface area (TPSA) is 64.1 Å². The molecule has 0 fully saturated rings. The Morgan fingerprint density at radius 3 is 2.81 bits per heavy atom. The van der Waals surface area contributed by atoms with E-state index in [9.17, 15) is 4.79 Å². The molecule has 0 spiro atoms. The highest BCUT2D eigenvalue weighted by Gasteiger charge is 2.16. The fourth-order valence-electron chi connectivity index (χ4n) is 2.56. The predicted molar refractivity (Wildman–Crippen MR) is 103 cm³/mol. The second-order valence-corrected chi connectivity index (χ2v) is 6.70. The number of fused-ring (bicyclic) bond motifs is 1. The number of nitrogens with one attached hydrogen (secondary N) is 1. The van der Waals surface area contributed by atoms with Crippen LogP contribution in [0, 0.1) is 6.92 Å². The molecule has 2 heterocycles. The lowest BCUT2D eigenvalue weighted by atomic mass is 10.1. The number of nitrogens with zero attached hydrogens (tertiary/aromatic N) is 2. The fraction of sp³-hybridized carbons (Fsp3) is 0.211. The molecule has 3 aromatic rings. The molecule has 0 unspecified atom stereocenters. The van der Waals surface area contributed by atoms with Gasteiger partial charge in [-0.1, -0.05) is 29.3 Å². The Balaban J connectivity index is 1.75. The lowest BCUT2D eigenvalue weighted by Crippen LogP contribution is -2.31. The molecule has 1 aromatic carbocycles. The Labute approximate surface area is 161 Å². The minimum atomic E-state index is -0.270. The molecule has 1 N–H and O–H groups in total. The molecule has 0 radical (unpaired) electrons. The summed E-state index contributed by atoms with van der Waals surface area (Å²) in [4.78, 5) is 20.7. The first-order chi connectivity index (χ1) is 12.5. The summed E-state index contributed by atoms with van der Waals surface area (Å²) in [6.45, 7) is 3.56. The van der Waals surface area contributed by atoms with Crippen molar-refractivity contribution in [2.24, 2.45) is 0 Å². The van der Waals surface area contributed by atoms with Crippen LogP contribution in [-0.4, -0.2) is 22.5 Å². The lowest BCUT2D eigenvalue weighted by molar-refractivity contribution is -0.123. The van der Waals surface area contributed by atoms with E-state index in [0.717, 1.165) is 16.6 Å². The molecule has 26 heavy (non-hydrogen) atoms. The van der Waals surface area contributed by atoms with Crippen LogP contribution in [0.3, 0.4) is 0 Å². The van der Waals surface area contributed by atoms with Crippen molar-refractivity contribution in [2.45, 2.75) is 19.9 Å². The van der Waals surface area contributed by atoms with Crippen molar-refractivity contribution >= 4 is 40.0 Å². The van der Waals surface area contributed by atoms with E-state index in [0.29, 0.717) is 21.3 Å². The molecule has 0 aliphatic heterocycles. The van der Waals surface area contributed by atoms with Crippen LogP contribution in [-0.2, 0) is 4.79 Å². The van der Waals surface area contributed by atoms with Gasteiger partial charge in [-0.3, -0.25) is 9.78 Å². The summed E-state index contributed by atoms with van der Waals surface area (Å²) in [5.41, 5.74) is 2.25. The van der Waals surface area contributed by atoms with Crippen LogP contribution < -0.4 is 10.1 Å². The van der Waals surface area contributed by atoms with Gasteiger partial charge in [-0.05, 0) is 43.7 Å². The molecule has 3 rings (SSSR count). The Morgan fingerprint density at radius 2 is 2.08 bits per heavy atom. The monoisotopic (exact) mass is 389 g/mol. The maximum atomic E-state index is 12.2. The highest BCUT2D eigenvalue weighted by Crippen LogP contribution is 2.37. The minimum absolute atomic E-state index is 0.183. The zero-order chi connectivity index (χ0) is 18.7. The average Bonchev–Trinajstić information content (AvgIpc) is 2.62. The van der Waals surface area contributed by atoms with Gasteiger partial charge >= 0.3 is 0 Å². The van der Waals surface area contributed by atoms with Crippen molar-refractivity contribution in [3.8, 4) is 5.75 Å². The first-order valence-electron chi connectivity index (χ1n) is 8.03. The Morgan fingerprint density at radius 1 is 1.27 bits per heavy atom. The van der Waals surface area contributed by atoms with Crippen molar-refractivity contribution in [1.82, 2.24) is 15.3 Å². The van der Waals surface area contributed by atoms with E-state index in [1.54, 1.807) is 18.5 Å². The number of aryl methyl sites for hydroxylation is 1. The third kappa shape index (κ3) is 4.06. The van der Waals surface area contributed by atoms with Crippen molar-refractivity contribution in [3.63, 3.8) is 0 Å². The summed E-state index contributed by atoms with van der Waals surface area (Å²) in [6, 6.07) is 8.84. The fourth-order valence-corrected chi connectivity index (χ4v) is 3.13. The lowest BCUT2D eigenvalue weighted by Gasteiger charge is -2.15. The van der Waals surface area contributed by atoms with Gasteiger partial charge < -0.3 is 10.1 Å². The number of benzene rings is 1. The third-order valence-corrected chi connectivity index (χ3v) is 4.48. The van der Waals surface area contributed by atoms with Gasteiger partial charge in [0.25, 0.3) is 5.91 Å². The normalized spacial score (nSPS) is 12.0. The molecule has 0 saturated heterocycles. The van der Waals surface area contributed by atoms with Gasteiger partial charge in [0.2, 0.25) is 0 Å². The number of amides is 1. The first-order valence-corrected chi connectivity index (χ1v) is 8.78. The number of halogens is 2. The van der Waals surface area contributed by atoms with Crippen LogP contribution in [0.15, 0.2) is 42.7 Å². The molecule has 1 amide bonds. The van der Waals surface area contributed by atoms with E-state index in [2.05, 4.69) is 15.3 Å². The number of carbonyl (C=O) groups excluding carboxylic acids is 1. The van der Waals surface area contributed by atoms with Crippen molar-refractivity contribution in [2.75, 3.05) is 6.61 Å². The van der Waals surface area contributed by atoms with E-state index < -0.39 is 0 Å². The number of carbonyl (C=O) groups is 1. The standard InChI is InChI=1S/C19H17Cl2N3O2/c1-11-5-6-14-15(20)8-16(21)19(18(14)23-11)26-10-17(25)24-12(2)13-4-3-7-22-9-13/h3-9,12H,10H2,1-2H3,(H,24,25)/t12-/m1/s1. The van der Waals surface area contributed by atoms with Crippen LogP contribution in [0.2, 0.25) is 10.0 Å². The van der Waals surface area contributed by atoms with E-state index in [1.165, 1.54) is 0 Å². The quantitative estimate of drug-likeness (QED) is 0.697.